The maximum Gasteiger partial charge on any atom is 0.136 e. The average molecular weight is 197 g/mol. The van der Waals surface area contributed by atoms with E-state index in [1.165, 1.54) is 19.3 Å². The van der Waals surface area contributed by atoms with E-state index in [1.807, 2.05) is 0 Å². The quantitative estimate of drug-likeness (QED) is 0.369. The van der Waals surface area contributed by atoms with E-state index in [1.54, 1.807) is 0 Å². The van der Waals surface area contributed by atoms with Crippen LogP contribution in [0.15, 0.2) is 12.2 Å². The average Bonchev–Trinajstić information content (AvgIpc) is 2.17. The molecular formula is C12H23NO. The third-order valence-corrected chi connectivity index (χ3v) is 2.28. The lowest BCUT2D eigenvalue weighted by atomic mass is 9.99. The molecule has 0 aromatic heterocycles. The van der Waals surface area contributed by atoms with Crippen molar-refractivity contribution in [2.75, 3.05) is 0 Å². The fourth-order valence-corrected chi connectivity index (χ4v) is 1.38. The molecule has 2 nitrogen and oxygen atoms in total. The highest BCUT2D eigenvalue weighted by Crippen LogP contribution is 2.10. The predicted molar refractivity (Wildman–Crippen MR) is 61.1 cm³/mol. The summed E-state index contributed by atoms with van der Waals surface area (Å²) < 4.78 is 0. The van der Waals surface area contributed by atoms with Crippen LogP contribution in [0.1, 0.15) is 46.0 Å². The molecule has 0 aliphatic carbocycles. The summed E-state index contributed by atoms with van der Waals surface area (Å²) in [5, 5.41) is 0. The van der Waals surface area contributed by atoms with Crippen LogP contribution in [0.25, 0.3) is 0 Å². The van der Waals surface area contributed by atoms with Crippen molar-refractivity contribution in [3.63, 3.8) is 0 Å². The zero-order chi connectivity index (χ0) is 10.8. The number of rotatable bonds is 8. The zero-order valence-corrected chi connectivity index (χ0v) is 9.41. The number of nitrogens with two attached hydrogens (primary N) is 1. The molecule has 0 fully saturated rings. The molecule has 2 atom stereocenters. The summed E-state index contributed by atoms with van der Waals surface area (Å²) in [7, 11) is 0. The lowest BCUT2D eigenvalue weighted by molar-refractivity contribution is -0.109. The molecule has 0 radical (unpaired) electrons. The second-order valence-electron chi connectivity index (χ2n) is 3.99. The minimum Gasteiger partial charge on any atom is -0.322 e. The fourth-order valence-electron chi connectivity index (χ4n) is 1.38. The summed E-state index contributed by atoms with van der Waals surface area (Å²) in [6.07, 6.45) is 10.8. The Hall–Kier alpha value is -0.630. The van der Waals surface area contributed by atoms with E-state index in [9.17, 15) is 4.79 Å². The van der Waals surface area contributed by atoms with Crippen LogP contribution in [0, 0.1) is 5.92 Å². The minimum atomic E-state index is -0.283. The zero-order valence-electron chi connectivity index (χ0n) is 9.41. The Kier molecular flexibility index (Phi) is 8.54. The fraction of sp³-hybridized carbons (Fsp3) is 0.750. The summed E-state index contributed by atoms with van der Waals surface area (Å²) in [5.74, 6) is 0.507. The topological polar surface area (TPSA) is 43.1 Å². The van der Waals surface area contributed by atoms with Crippen molar-refractivity contribution in [1.29, 1.82) is 0 Å². The van der Waals surface area contributed by atoms with Gasteiger partial charge in [-0.15, -0.1) is 0 Å². The highest BCUT2D eigenvalue weighted by atomic mass is 16.1. The SMILES string of the molecule is CCCC/C=C\CC(C)CC(N)C=O. The number of carbonyl (C=O) groups is 1. The summed E-state index contributed by atoms with van der Waals surface area (Å²) in [6.45, 7) is 4.33. The Labute approximate surface area is 87.6 Å². The van der Waals surface area contributed by atoms with E-state index in [-0.39, 0.29) is 6.04 Å². The van der Waals surface area contributed by atoms with Crippen LogP contribution >= 0.6 is 0 Å². The van der Waals surface area contributed by atoms with Crippen molar-refractivity contribution in [3.05, 3.63) is 12.2 Å². The number of unbranched alkanes of at least 4 members (excludes halogenated alkanes) is 2. The van der Waals surface area contributed by atoms with Crippen LogP contribution in [0.2, 0.25) is 0 Å². The molecule has 0 rings (SSSR count). The standard InChI is InChI=1S/C12H23NO/c1-3-4-5-6-7-8-11(2)9-12(13)10-14/h6-7,10-12H,3-5,8-9,13H2,1-2H3/b7-6-. The first-order valence-corrected chi connectivity index (χ1v) is 5.56. The van der Waals surface area contributed by atoms with Gasteiger partial charge in [0, 0.05) is 0 Å². The number of hydrogen-bond acceptors (Lipinski definition) is 2. The molecule has 0 aromatic rings. The second-order valence-corrected chi connectivity index (χ2v) is 3.99. The van der Waals surface area contributed by atoms with Crippen LogP contribution in [-0.2, 0) is 4.79 Å². The number of hydrogen-bond donors (Lipinski definition) is 1. The van der Waals surface area contributed by atoms with Gasteiger partial charge in [0.05, 0.1) is 6.04 Å². The molecule has 0 saturated heterocycles. The molecule has 0 aliphatic rings. The van der Waals surface area contributed by atoms with Crippen molar-refractivity contribution in [2.45, 2.75) is 52.0 Å². The van der Waals surface area contributed by atoms with Crippen molar-refractivity contribution in [3.8, 4) is 0 Å². The molecular weight excluding hydrogens is 174 g/mol. The largest absolute Gasteiger partial charge is 0.322 e. The molecule has 0 saturated carbocycles. The Morgan fingerprint density at radius 3 is 2.64 bits per heavy atom. The van der Waals surface area contributed by atoms with E-state index < -0.39 is 0 Å². The lowest BCUT2D eigenvalue weighted by Crippen LogP contribution is -2.23. The van der Waals surface area contributed by atoms with Crippen LogP contribution in [0.4, 0.5) is 0 Å². The van der Waals surface area contributed by atoms with E-state index >= 15 is 0 Å². The highest BCUT2D eigenvalue weighted by molar-refractivity contribution is 5.56. The first-order chi connectivity index (χ1) is 6.70. The lowest BCUT2D eigenvalue weighted by Gasteiger charge is -2.10. The minimum absolute atomic E-state index is 0.283. The van der Waals surface area contributed by atoms with Crippen LogP contribution < -0.4 is 5.73 Å². The predicted octanol–water partition coefficient (Wildman–Crippen LogP) is 2.68. The van der Waals surface area contributed by atoms with E-state index in [2.05, 4.69) is 26.0 Å². The van der Waals surface area contributed by atoms with Crippen LogP contribution in [0.3, 0.4) is 0 Å². The maximum absolute atomic E-state index is 10.3. The van der Waals surface area contributed by atoms with Gasteiger partial charge in [-0.25, -0.2) is 0 Å². The number of aldehydes is 1. The smallest absolute Gasteiger partial charge is 0.136 e. The normalized spacial score (nSPS) is 15.6. The molecule has 2 unspecified atom stereocenters. The third kappa shape index (κ3) is 7.99. The van der Waals surface area contributed by atoms with Crippen LogP contribution in [-0.4, -0.2) is 12.3 Å². The Morgan fingerprint density at radius 2 is 2.07 bits per heavy atom. The van der Waals surface area contributed by atoms with Gasteiger partial charge in [0.1, 0.15) is 6.29 Å². The molecule has 0 spiro atoms. The van der Waals surface area contributed by atoms with Gasteiger partial charge in [0.25, 0.3) is 0 Å². The Bertz CT molecular complexity index is 166. The van der Waals surface area contributed by atoms with Crippen molar-refractivity contribution >= 4 is 6.29 Å². The summed E-state index contributed by atoms with van der Waals surface area (Å²) in [5.41, 5.74) is 5.53. The molecule has 82 valence electrons. The molecule has 14 heavy (non-hydrogen) atoms. The first-order valence-electron chi connectivity index (χ1n) is 5.56. The van der Waals surface area contributed by atoms with Gasteiger partial charge >= 0.3 is 0 Å². The Balaban J connectivity index is 3.47. The summed E-state index contributed by atoms with van der Waals surface area (Å²) >= 11 is 0. The second kappa shape index (κ2) is 8.95. The monoisotopic (exact) mass is 197 g/mol. The van der Waals surface area contributed by atoms with Gasteiger partial charge in [-0.05, 0) is 25.2 Å². The summed E-state index contributed by atoms with van der Waals surface area (Å²) in [4.78, 5) is 10.3. The Morgan fingerprint density at radius 1 is 1.36 bits per heavy atom. The molecule has 0 bridgehead atoms. The molecule has 0 aromatic carbocycles. The van der Waals surface area contributed by atoms with Gasteiger partial charge in [0.15, 0.2) is 0 Å². The van der Waals surface area contributed by atoms with Gasteiger partial charge in [-0.2, -0.15) is 0 Å². The summed E-state index contributed by atoms with van der Waals surface area (Å²) in [6, 6.07) is -0.283. The van der Waals surface area contributed by atoms with Gasteiger partial charge in [-0.1, -0.05) is 38.8 Å². The highest BCUT2D eigenvalue weighted by Gasteiger charge is 2.05. The van der Waals surface area contributed by atoms with Crippen molar-refractivity contribution in [2.24, 2.45) is 11.7 Å². The molecule has 0 aliphatic heterocycles. The molecule has 0 heterocycles. The van der Waals surface area contributed by atoms with Gasteiger partial charge < -0.3 is 10.5 Å². The van der Waals surface area contributed by atoms with Crippen molar-refractivity contribution in [1.82, 2.24) is 0 Å². The van der Waals surface area contributed by atoms with E-state index in [4.69, 9.17) is 5.73 Å². The number of allylic oxidation sites excluding steroid dienone is 2. The molecule has 2 N–H and O–H groups in total. The van der Waals surface area contributed by atoms with E-state index in [0.717, 1.165) is 19.1 Å². The van der Waals surface area contributed by atoms with Gasteiger partial charge in [0.2, 0.25) is 0 Å². The van der Waals surface area contributed by atoms with Crippen molar-refractivity contribution < 1.29 is 4.79 Å². The van der Waals surface area contributed by atoms with Crippen LogP contribution in [0.5, 0.6) is 0 Å². The molecule has 0 amide bonds. The van der Waals surface area contributed by atoms with E-state index in [0.29, 0.717) is 5.92 Å². The third-order valence-electron chi connectivity index (χ3n) is 2.28. The maximum atomic E-state index is 10.3. The van der Waals surface area contributed by atoms with Gasteiger partial charge in [-0.3, -0.25) is 0 Å². The molecule has 2 heteroatoms. The number of carbonyl (C=O) groups excluding carboxylic acids is 1. The first kappa shape index (κ1) is 13.4.